The van der Waals surface area contributed by atoms with Gasteiger partial charge in [0.1, 0.15) is 0 Å². The van der Waals surface area contributed by atoms with E-state index in [1.54, 1.807) is 0 Å². The lowest BCUT2D eigenvalue weighted by Crippen LogP contribution is -2.63. The maximum atomic E-state index is 12.4. The van der Waals surface area contributed by atoms with E-state index in [1.165, 1.54) is 0 Å². The summed E-state index contributed by atoms with van der Waals surface area (Å²) in [7, 11) is 0. The van der Waals surface area contributed by atoms with Crippen LogP contribution in [-0.2, 0) is 23.7 Å². The van der Waals surface area contributed by atoms with Crippen LogP contribution in [0.4, 0.5) is 0 Å². The van der Waals surface area contributed by atoms with Gasteiger partial charge >= 0.3 is 0 Å². The lowest BCUT2D eigenvalue weighted by molar-refractivity contribution is -0.392. The van der Waals surface area contributed by atoms with Crippen molar-refractivity contribution in [1.82, 2.24) is 0 Å². The topological polar surface area (TPSA) is 86.6 Å². The van der Waals surface area contributed by atoms with Crippen LogP contribution in [0, 0.1) is 44.3 Å². The molecule has 4 aliphatic carbocycles. The van der Waals surface area contributed by atoms with E-state index in [0.717, 1.165) is 51.4 Å². The first-order valence-electron chi connectivity index (χ1n) is 17.5. The van der Waals surface area contributed by atoms with Gasteiger partial charge in [-0.05, 0) is 87.9 Å². The third kappa shape index (κ3) is 4.04. The Morgan fingerprint density at radius 3 is 1.19 bits per heavy atom. The third-order valence-electron chi connectivity index (χ3n) is 16.1. The normalized spacial score (nSPS) is 45.8. The van der Waals surface area contributed by atoms with Crippen LogP contribution in [0.5, 0.6) is 0 Å². The quantitative estimate of drug-likeness (QED) is 0.246. The summed E-state index contributed by atoms with van der Waals surface area (Å²) < 4.78 is 32.7. The van der Waals surface area contributed by atoms with Crippen LogP contribution < -0.4 is 0 Å². The molecule has 6 fully saturated rings. The van der Waals surface area contributed by atoms with Crippen LogP contribution in [-0.4, -0.2) is 72.6 Å². The minimum atomic E-state index is -0.940. The SMILES string of the molecule is CCC1(C(OC(OC(C)[C@@]2(O)C[C@H]3CC[C@]2(C)C3(C)C)C2(CC)COC2)OC(C)[C@@]2(O)C[C@H]3CC[C@]2(C)C3(C)C)COC1. The lowest BCUT2D eigenvalue weighted by atomic mass is 9.63. The van der Waals surface area contributed by atoms with Crippen LogP contribution >= 0.6 is 0 Å². The van der Waals surface area contributed by atoms with Gasteiger partial charge in [0.2, 0.25) is 0 Å². The monoisotopic (exact) mass is 606 g/mol. The molecule has 248 valence electrons. The van der Waals surface area contributed by atoms with Gasteiger partial charge in [-0.15, -0.1) is 0 Å². The Morgan fingerprint density at radius 2 is 0.977 bits per heavy atom. The highest BCUT2D eigenvalue weighted by molar-refractivity contribution is 5.21. The van der Waals surface area contributed by atoms with Crippen molar-refractivity contribution in [1.29, 1.82) is 0 Å². The number of fused-ring (bicyclic) bond motifs is 4. The summed E-state index contributed by atoms with van der Waals surface area (Å²) in [5.41, 5.74) is -2.87. The molecule has 0 aromatic rings. The molecule has 10 atom stereocenters. The maximum absolute atomic E-state index is 12.4. The maximum Gasteiger partial charge on any atom is 0.171 e. The van der Waals surface area contributed by atoms with Gasteiger partial charge in [0.25, 0.3) is 0 Å². The van der Waals surface area contributed by atoms with E-state index in [1.807, 2.05) is 13.8 Å². The first-order valence-corrected chi connectivity index (χ1v) is 17.5. The largest absolute Gasteiger partial charge is 0.387 e. The summed E-state index contributed by atoms with van der Waals surface area (Å²) in [6.07, 6.45) is 5.48. The molecule has 7 heteroatoms. The summed E-state index contributed by atoms with van der Waals surface area (Å²) in [5, 5.41) is 24.8. The molecule has 4 unspecified atom stereocenters. The highest BCUT2D eigenvalue weighted by atomic mass is 16.8. The molecule has 2 N–H and O–H groups in total. The van der Waals surface area contributed by atoms with Gasteiger partial charge in [0.15, 0.2) is 12.6 Å². The second kappa shape index (κ2) is 10.1. The van der Waals surface area contributed by atoms with Crippen molar-refractivity contribution in [3.8, 4) is 0 Å². The summed E-state index contributed by atoms with van der Waals surface area (Å²) in [4.78, 5) is 0. The van der Waals surface area contributed by atoms with Crippen molar-refractivity contribution < 1.29 is 33.9 Å². The molecule has 6 aliphatic rings. The second-order valence-corrected chi connectivity index (χ2v) is 17.6. The number of ether oxygens (including phenoxy) is 5. The smallest absolute Gasteiger partial charge is 0.171 e. The van der Waals surface area contributed by atoms with E-state index < -0.39 is 36.0 Å². The minimum Gasteiger partial charge on any atom is -0.387 e. The van der Waals surface area contributed by atoms with Gasteiger partial charge in [-0.3, -0.25) is 0 Å². The van der Waals surface area contributed by atoms with Gasteiger partial charge in [-0.1, -0.05) is 55.4 Å². The molecule has 0 aromatic carbocycles. The van der Waals surface area contributed by atoms with Crippen molar-refractivity contribution >= 4 is 0 Å². The molecule has 0 radical (unpaired) electrons. The summed E-state index contributed by atoms with van der Waals surface area (Å²) in [5.74, 6) is 0.973. The molecular weight excluding hydrogens is 544 g/mol. The van der Waals surface area contributed by atoms with E-state index in [4.69, 9.17) is 23.7 Å². The van der Waals surface area contributed by atoms with Crippen LogP contribution in [0.25, 0.3) is 0 Å². The highest BCUT2D eigenvalue weighted by Crippen LogP contribution is 2.72. The number of rotatable bonds is 12. The van der Waals surface area contributed by atoms with Crippen LogP contribution in [0.15, 0.2) is 0 Å². The Hall–Kier alpha value is -0.280. The van der Waals surface area contributed by atoms with Gasteiger partial charge < -0.3 is 33.9 Å². The Labute approximate surface area is 261 Å². The molecule has 0 aromatic heterocycles. The molecule has 0 amide bonds. The number of aliphatic hydroxyl groups is 2. The molecule has 2 aliphatic heterocycles. The van der Waals surface area contributed by atoms with Crippen LogP contribution in [0.1, 0.15) is 121 Å². The van der Waals surface area contributed by atoms with E-state index in [-0.39, 0.29) is 32.5 Å². The Morgan fingerprint density at radius 1 is 0.628 bits per heavy atom. The van der Waals surface area contributed by atoms with E-state index >= 15 is 0 Å². The van der Waals surface area contributed by atoms with Gasteiger partial charge in [0, 0.05) is 10.8 Å². The molecule has 6 rings (SSSR count). The van der Waals surface area contributed by atoms with Crippen LogP contribution in [0.3, 0.4) is 0 Å². The van der Waals surface area contributed by atoms with Crippen LogP contribution in [0.2, 0.25) is 0 Å². The molecule has 2 heterocycles. The molecular formula is C36H62O7. The van der Waals surface area contributed by atoms with Gasteiger partial charge in [-0.25, -0.2) is 0 Å². The Bertz CT molecular complexity index is 973. The van der Waals surface area contributed by atoms with Gasteiger partial charge in [0.05, 0.1) is 60.7 Å². The molecule has 0 spiro atoms. The fourth-order valence-corrected chi connectivity index (χ4v) is 11.0. The predicted octanol–water partition coefficient (Wildman–Crippen LogP) is 6.47. The minimum absolute atomic E-state index is 0.0500. The third-order valence-corrected chi connectivity index (χ3v) is 16.1. The fourth-order valence-electron chi connectivity index (χ4n) is 11.0. The summed E-state index contributed by atoms with van der Waals surface area (Å²) in [6.45, 7) is 24.5. The lowest BCUT2D eigenvalue weighted by Gasteiger charge is -2.55. The average Bonchev–Trinajstić information content (AvgIpc) is 3.38. The molecule has 4 bridgehead atoms. The second-order valence-electron chi connectivity index (χ2n) is 17.6. The van der Waals surface area contributed by atoms with Crippen molar-refractivity contribution in [2.24, 2.45) is 44.3 Å². The molecule has 43 heavy (non-hydrogen) atoms. The summed E-state index contributed by atoms with van der Waals surface area (Å²) in [6, 6.07) is 0. The first kappa shape index (κ1) is 32.7. The zero-order chi connectivity index (χ0) is 31.5. The van der Waals surface area contributed by atoms with E-state index in [0.29, 0.717) is 38.3 Å². The molecule has 4 saturated carbocycles. The fraction of sp³-hybridized carbons (Fsp3) is 1.00. The van der Waals surface area contributed by atoms with Crippen molar-refractivity contribution in [3.05, 3.63) is 0 Å². The summed E-state index contributed by atoms with van der Waals surface area (Å²) >= 11 is 0. The number of hydrogen-bond acceptors (Lipinski definition) is 7. The highest BCUT2D eigenvalue weighted by Gasteiger charge is 2.72. The number of hydrogen-bond donors (Lipinski definition) is 2. The van der Waals surface area contributed by atoms with Crippen molar-refractivity contribution in [2.45, 2.75) is 157 Å². The predicted molar refractivity (Wildman–Crippen MR) is 165 cm³/mol. The van der Waals surface area contributed by atoms with E-state index in [2.05, 4.69) is 55.4 Å². The zero-order valence-electron chi connectivity index (χ0n) is 28.9. The Kier molecular flexibility index (Phi) is 7.68. The first-order chi connectivity index (χ1) is 19.9. The van der Waals surface area contributed by atoms with Gasteiger partial charge in [-0.2, -0.15) is 0 Å². The Balaban J connectivity index is 1.29. The molecule has 7 nitrogen and oxygen atoms in total. The van der Waals surface area contributed by atoms with Crippen molar-refractivity contribution in [3.63, 3.8) is 0 Å². The zero-order valence-corrected chi connectivity index (χ0v) is 28.9. The standard InChI is InChI=1S/C36H62O7/c1-11-33(19-39-20-33)27(41-23(3)35(37)17-25-13-15-31(35,9)29(25,5)6)43-28(34(12-2)21-40-22-34)42-24(4)36(38)18-26-14-16-32(36,10)30(26,7)8/h23-28,37-38H,11-22H2,1-10H3/t23?,24?,25-,26-,27?,28?,31-,32-,35+,36+/m1/s1. The molecule has 2 saturated heterocycles. The van der Waals surface area contributed by atoms with E-state index in [9.17, 15) is 10.2 Å². The van der Waals surface area contributed by atoms with Crippen molar-refractivity contribution in [2.75, 3.05) is 26.4 Å². The average molecular weight is 607 g/mol.